The number of pyridine rings is 1. The average molecular weight is 278 g/mol. The van der Waals surface area contributed by atoms with Crippen LogP contribution in [0.1, 0.15) is 25.6 Å². The van der Waals surface area contributed by atoms with Gasteiger partial charge in [0.25, 0.3) is 5.91 Å². The van der Waals surface area contributed by atoms with E-state index in [4.69, 9.17) is 5.11 Å². The molecule has 0 aliphatic carbocycles. The topological polar surface area (TPSA) is 99.3 Å². The van der Waals surface area contributed by atoms with E-state index < -0.39 is 11.9 Å². The maximum atomic E-state index is 11.8. The number of carbonyl (C=O) groups is 2. The quantitative estimate of drug-likeness (QED) is 0.795. The normalized spacial score (nSPS) is 10.2. The molecule has 2 rings (SSSR count). The first-order chi connectivity index (χ1) is 8.97. The van der Waals surface area contributed by atoms with Crippen molar-refractivity contribution < 1.29 is 14.7 Å². The summed E-state index contributed by atoms with van der Waals surface area (Å²) in [5.41, 5.74) is 0.591. The Morgan fingerprint density at radius 2 is 2.11 bits per heavy atom. The molecule has 0 spiro atoms. The Morgan fingerprint density at radius 3 is 2.63 bits per heavy atom. The lowest BCUT2D eigenvalue weighted by atomic mass is 10.2. The molecule has 7 heteroatoms. The number of rotatable bonds is 3. The highest BCUT2D eigenvalue weighted by Crippen LogP contribution is 2.26. The van der Waals surface area contributed by atoms with E-state index in [0.29, 0.717) is 16.1 Å². The van der Waals surface area contributed by atoms with Gasteiger partial charge in [0.15, 0.2) is 0 Å². The number of aromatic nitrogens is 1. The molecule has 1 amide bonds. The number of aromatic carboxylic acids is 1. The lowest BCUT2D eigenvalue weighted by molar-refractivity contribution is 0.0701. The molecule has 0 aliphatic heterocycles. The van der Waals surface area contributed by atoms with E-state index in [1.807, 2.05) is 0 Å². The summed E-state index contributed by atoms with van der Waals surface area (Å²) < 4.78 is 0. The fourth-order valence-electron chi connectivity index (χ4n) is 1.49. The minimum atomic E-state index is -1.02. The van der Waals surface area contributed by atoms with Gasteiger partial charge in [-0.2, -0.15) is 0 Å². The molecule has 0 bridgehead atoms. The Hall–Kier alpha value is -2.41. The summed E-state index contributed by atoms with van der Waals surface area (Å²) in [4.78, 5) is 36.2. The van der Waals surface area contributed by atoms with Crippen molar-refractivity contribution in [3.8, 4) is 0 Å². The van der Waals surface area contributed by atoms with Crippen LogP contribution in [0, 0.1) is 6.92 Å². The van der Waals surface area contributed by atoms with Crippen LogP contribution in [0.15, 0.2) is 29.2 Å². The van der Waals surface area contributed by atoms with Crippen LogP contribution < -0.4 is 10.9 Å². The van der Waals surface area contributed by atoms with E-state index >= 15 is 0 Å². The Morgan fingerprint density at radius 1 is 1.37 bits per heavy atom. The maximum Gasteiger partial charge on any atom is 0.346 e. The molecule has 0 fully saturated rings. The zero-order valence-corrected chi connectivity index (χ0v) is 10.7. The first-order valence-electron chi connectivity index (χ1n) is 5.31. The molecule has 0 radical (unpaired) electrons. The third-order valence-corrected chi connectivity index (χ3v) is 3.54. The number of hydrogen-bond acceptors (Lipinski definition) is 4. The maximum absolute atomic E-state index is 11.8. The molecule has 0 saturated carbocycles. The van der Waals surface area contributed by atoms with Gasteiger partial charge in [-0.15, -0.1) is 11.3 Å². The minimum absolute atomic E-state index is 0.191. The van der Waals surface area contributed by atoms with Gasteiger partial charge in [-0.1, -0.05) is 0 Å². The Kier molecular flexibility index (Phi) is 3.48. The van der Waals surface area contributed by atoms with Gasteiger partial charge in [0.1, 0.15) is 4.88 Å². The van der Waals surface area contributed by atoms with E-state index in [9.17, 15) is 14.4 Å². The standard InChI is InChI=1S/C12H10N2O4S/c1-6-4-9(19-10(6)12(17)18)14-11(16)7-2-3-8(15)13-5-7/h2-5H,1H3,(H,13,15)(H,14,16)(H,17,18). The van der Waals surface area contributed by atoms with Gasteiger partial charge in [-0.05, 0) is 24.6 Å². The van der Waals surface area contributed by atoms with Crippen molar-refractivity contribution >= 4 is 28.2 Å². The number of nitrogens with one attached hydrogen (secondary N) is 2. The number of thiophene rings is 1. The van der Waals surface area contributed by atoms with E-state index in [2.05, 4.69) is 10.3 Å². The largest absolute Gasteiger partial charge is 0.477 e. The third kappa shape index (κ3) is 2.89. The van der Waals surface area contributed by atoms with E-state index in [0.717, 1.165) is 11.3 Å². The molecule has 2 aromatic rings. The summed E-state index contributed by atoms with van der Waals surface area (Å²) in [6, 6.07) is 4.24. The second kappa shape index (κ2) is 5.07. The SMILES string of the molecule is Cc1cc(NC(=O)c2ccc(=O)[nH]c2)sc1C(=O)O. The predicted octanol–water partition coefficient (Wildman–Crippen LogP) is 1.70. The van der Waals surface area contributed by atoms with Crippen molar-refractivity contribution in [2.24, 2.45) is 0 Å². The van der Waals surface area contributed by atoms with Gasteiger partial charge in [-0.25, -0.2) is 4.79 Å². The predicted molar refractivity (Wildman–Crippen MR) is 71.0 cm³/mol. The van der Waals surface area contributed by atoms with Crippen molar-refractivity contribution in [1.29, 1.82) is 0 Å². The van der Waals surface area contributed by atoms with Crippen LogP contribution >= 0.6 is 11.3 Å². The third-order valence-electron chi connectivity index (χ3n) is 2.40. The molecule has 3 N–H and O–H groups in total. The summed E-state index contributed by atoms with van der Waals surface area (Å²) in [5, 5.41) is 12.0. The first-order valence-corrected chi connectivity index (χ1v) is 6.13. The molecular formula is C12H10N2O4S. The fraction of sp³-hybridized carbons (Fsp3) is 0.0833. The zero-order valence-electron chi connectivity index (χ0n) is 9.89. The molecule has 19 heavy (non-hydrogen) atoms. The van der Waals surface area contributed by atoms with Crippen molar-refractivity contribution in [1.82, 2.24) is 4.98 Å². The summed E-state index contributed by atoms with van der Waals surface area (Å²) >= 11 is 0.990. The Balaban J connectivity index is 2.19. The van der Waals surface area contributed by atoms with Gasteiger partial charge >= 0.3 is 5.97 Å². The lowest BCUT2D eigenvalue weighted by Gasteiger charge is -2.01. The van der Waals surface area contributed by atoms with Crippen LogP contribution in [0.5, 0.6) is 0 Å². The monoisotopic (exact) mass is 278 g/mol. The summed E-state index contributed by atoms with van der Waals surface area (Å²) in [6.07, 6.45) is 1.30. The molecule has 0 atom stereocenters. The minimum Gasteiger partial charge on any atom is -0.477 e. The van der Waals surface area contributed by atoms with Gasteiger partial charge < -0.3 is 15.4 Å². The molecular weight excluding hydrogens is 268 g/mol. The first kappa shape index (κ1) is 13.0. The molecule has 0 unspecified atom stereocenters. The van der Waals surface area contributed by atoms with E-state index in [1.54, 1.807) is 13.0 Å². The van der Waals surface area contributed by atoms with Gasteiger partial charge in [0.05, 0.1) is 10.6 Å². The number of hydrogen-bond donors (Lipinski definition) is 3. The number of carboxylic acids is 1. The van der Waals surface area contributed by atoms with E-state index in [-0.39, 0.29) is 10.4 Å². The molecule has 6 nitrogen and oxygen atoms in total. The molecule has 0 saturated heterocycles. The number of aryl methyl sites for hydroxylation is 1. The van der Waals surface area contributed by atoms with Gasteiger partial charge in [0, 0.05) is 12.3 Å². The van der Waals surface area contributed by atoms with Gasteiger partial charge in [0.2, 0.25) is 5.56 Å². The molecule has 2 heterocycles. The summed E-state index contributed by atoms with van der Waals surface area (Å²) in [7, 11) is 0. The van der Waals surface area contributed by atoms with Crippen LogP contribution in [0.4, 0.5) is 5.00 Å². The smallest absolute Gasteiger partial charge is 0.346 e. The highest BCUT2D eigenvalue weighted by atomic mass is 32.1. The lowest BCUT2D eigenvalue weighted by Crippen LogP contribution is -2.13. The van der Waals surface area contributed by atoms with Crippen LogP contribution in [0.25, 0.3) is 0 Å². The van der Waals surface area contributed by atoms with Crippen molar-refractivity contribution in [2.45, 2.75) is 6.92 Å². The molecule has 0 aromatic carbocycles. The second-order valence-corrected chi connectivity index (χ2v) is 4.88. The van der Waals surface area contributed by atoms with Crippen LogP contribution in [-0.2, 0) is 0 Å². The summed E-state index contributed by atoms with van der Waals surface area (Å²) in [6.45, 7) is 1.66. The number of H-pyrrole nitrogens is 1. The Bertz CT molecular complexity index is 682. The molecule has 0 aliphatic rings. The van der Waals surface area contributed by atoms with Crippen LogP contribution in [0.3, 0.4) is 0 Å². The fourth-order valence-corrected chi connectivity index (χ4v) is 2.40. The molecule has 98 valence electrons. The van der Waals surface area contributed by atoms with Crippen LogP contribution in [-0.4, -0.2) is 22.0 Å². The average Bonchev–Trinajstić information content (AvgIpc) is 2.71. The van der Waals surface area contributed by atoms with Gasteiger partial charge in [-0.3, -0.25) is 9.59 Å². The summed E-state index contributed by atoms with van der Waals surface area (Å²) in [5.74, 6) is -1.43. The van der Waals surface area contributed by atoms with Crippen molar-refractivity contribution in [3.05, 3.63) is 50.8 Å². The highest BCUT2D eigenvalue weighted by molar-refractivity contribution is 7.18. The number of carbonyl (C=O) groups excluding carboxylic acids is 1. The Labute approximate surface area is 111 Å². The zero-order chi connectivity index (χ0) is 14.0. The number of carboxylic acid groups (broad SMARTS) is 1. The number of anilines is 1. The van der Waals surface area contributed by atoms with Crippen molar-refractivity contribution in [3.63, 3.8) is 0 Å². The van der Waals surface area contributed by atoms with E-state index in [1.165, 1.54) is 18.3 Å². The van der Waals surface area contributed by atoms with Crippen LogP contribution in [0.2, 0.25) is 0 Å². The number of amides is 1. The van der Waals surface area contributed by atoms with Crippen molar-refractivity contribution in [2.75, 3.05) is 5.32 Å². The highest BCUT2D eigenvalue weighted by Gasteiger charge is 2.14. The number of aromatic amines is 1. The second-order valence-electron chi connectivity index (χ2n) is 3.82. The molecule has 2 aromatic heterocycles.